The largest absolute Gasteiger partial charge is 0.396 e. The van der Waals surface area contributed by atoms with Crippen molar-refractivity contribution in [3.63, 3.8) is 0 Å². The minimum Gasteiger partial charge on any atom is -0.396 e. The molecule has 0 bridgehead atoms. The summed E-state index contributed by atoms with van der Waals surface area (Å²) in [5.41, 5.74) is 1.48. The molecular weight excluding hydrogens is 224 g/mol. The first-order chi connectivity index (χ1) is 7.72. The van der Waals surface area contributed by atoms with Gasteiger partial charge in [-0.3, -0.25) is 0 Å². The second-order valence-electron chi connectivity index (χ2n) is 3.43. The highest BCUT2D eigenvalue weighted by atomic mass is 35.5. The first-order valence-corrected chi connectivity index (χ1v) is 5.66. The Morgan fingerprint density at radius 3 is 2.75 bits per heavy atom. The lowest BCUT2D eigenvalue weighted by molar-refractivity contribution is 0.289. The average molecular weight is 239 g/mol. The molecule has 0 atom stereocenters. The summed E-state index contributed by atoms with van der Waals surface area (Å²) in [5, 5.41) is 18.1. The highest BCUT2D eigenvalue weighted by Crippen LogP contribution is 2.26. The summed E-state index contributed by atoms with van der Waals surface area (Å²) in [4.78, 5) is 2.08. The third kappa shape index (κ3) is 3.13. The Kier molecular flexibility index (Phi) is 5.10. The predicted molar refractivity (Wildman–Crippen MR) is 65.8 cm³/mol. The summed E-state index contributed by atoms with van der Waals surface area (Å²) in [6, 6.07) is 7.32. The van der Waals surface area contributed by atoms with Crippen LogP contribution in [0.25, 0.3) is 0 Å². The number of nitriles is 1. The first-order valence-electron chi connectivity index (χ1n) is 5.28. The van der Waals surface area contributed by atoms with E-state index >= 15 is 0 Å². The van der Waals surface area contributed by atoms with Crippen LogP contribution in [0.1, 0.15) is 18.9 Å². The van der Waals surface area contributed by atoms with Crippen molar-refractivity contribution >= 4 is 17.3 Å². The van der Waals surface area contributed by atoms with E-state index in [2.05, 4.69) is 11.0 Å². The normalized spacial score (nSPS) is 9.88. The first kappa shape index (κ1) is 12.8. The average Bonchev–Trinajstić information content (AvgIpc) is 2.31. The molecule has 0 fully saturated rings. The van der Waals surface area contributed by atoms with E-state index in [1.807, 2.05) is 13.0 Å². The molecule has 0 aliphatic carbocycles. The smallest absolute Gasteiger partial charge is 0.0992 e. The highest BCUT2D eigenvalue weighted by Gasteiger charge is 2.08. The van der Waals surface area contributed by atoms with E-state index < -0.39 is 0 Å². The van der Waals surface area contributed by atoms with Crippen molar-refractivity contribution in [1.82, 2.24) is 0 Å². The Balaban J connectivity index is 2.89. The summed E-state index contributed by atoms with van der Waals surface area (Å²) >= 11 is 6.11. The van der Waals surface area contributed by atoms with Gasteiger partial charge in [-0.1, -0.05) is 11.6 Å². The molecule has 1 rings (SSSR count). The molecule has 16 heavy (non-hydrogen) atoms. The van der Waals surface area contributed by atoms with Gasteiger partial charge in [-0.05, 0) is 31.5 Å². The Morgan fingerprint density at radius 2 is 2.25 bits per heavy atom. The minimum absolute atomic E-state index is 0.171. The summed E-state index contributed by atoms with van der Waals surface area (Å²) in [6.07, 6.45) is 0.712. The predicted octanol–water partition coefficient (Wildman–Crippen LogP) is 2.42. The molecule has 0 saturated carbocycles. The van der Waals surface area contributed by atoms with Crippen LogP contribution in [0.2, 0.25) is 5.02 Å². The molecule has 0 saturated heterocycles. The van der Waals surface area contributed by atoms with Crippen LogP contribution in [0.3, 0.4) is 0 Å². The molecule has 0 amide bonds. The molecule has 1 N–H and O–H groups in total. The number of anilines is 1. The molecule has 0 unspecified atom stereocenters. The fourth-order valence-corrected chi connectivity index (χ4v) is 1.84. The van der Waals surface area contributed by atoms with Crippen LogP contribution in [0.15, 0.2) is 18.2 Å². The molecule has 0 aliphatic rings. The second kappa shape index (κ2) is 6.37. The van der Waals surface area contributed by atoms with Crippen molar-refractivity contribution in [1.29, 1.82) is 5.26 Å². The van der Waals surface area contributed by atoms with Gasteiger partial charge in [-0.2, -0.15) is 5.26 Å². The zero-order valence-electron chi connectivity index (χ0n) is 9.28. The van der Waals surface area contributed by atoms with Crippen LogP contribution < -0.4 is 4.90 Å². The van der Waals surface area contributed by atoms with Gasteiger partial charge in [0, 0.05) is 19.7 Å². The van der Waals surface area contributed by atoms with Crippen molar-refractivity contribution in [3.05, 3.63) is 28.8 Å². The SMILES string of the molecule is CCN(CCCO)c1ccc(C#N)cc1Cl. The van der Waals surface area contributed by atoms with E-state index in [1.54, 1.807) is 12.1 Å². The fraction of sp³-hybridized carbons (Fsp3) is 0.417. The van der Waals surface area contributed by atoms with Crippen LogP contribution in [0.4, 0.5) is 5.69 Å². The topological polar surface area (TPSA) is 47.3 Å². The lowest BCUT2D eigenvalue weighted by Gasteiger charge is -2.23. The molecule has 86 valence electrons. The number of aliphatic hydroxyl groups excluding tert-OH is 1. The van der Waals surface area contributed by atoms with Gasteiger partial charge >= 0.3 is 0 Å². The van der Waals surface area contributed by atoms with E-state index in [1.165, 1.54) is 0 Å². The molecule has 3 nitrogen and oxygen atoms in total. The van der Waals surface area contributed by atoms with E-state index in [0.717, 1.165) is 18.8 Å². The van der Waals surface area contributed by atoms with Gasteiger partial charge in [0.15, 0.2) is 0 Å². The van der Waals surface area contributed by atoms with Crippen LogP contribution in [-0.2, 0) is 0 Å². The summed E-state index contributed by atoms with van der Waals surface area (Å²) in [7, 11) is 0. The molecular formula is C12H15ClN2O. The molecule has 0 aromatic heterocycles. The number of benzene rings is 1. The van der Waals surface area contributed by atoms with E-state index in [0.29, 0.717) is 17.0 Å². The molecule has 0 aliphatic heterocycles. The van der Waals surface area contributed by atoms with Crippen LogP contribution in [0.5, 0.6) is 0 Å². The lowest BCUT2D eigenvalue weighted by atomic mass is 10.2. The zero-order chi connectivity index (χ0) is 12.0. The van der Waals surface area contributed by atoms with Gasteiger partial charge in [0.2, 0.25) is 0 Å². The summed E-state index contributed by atoms with van der Waals surface area (Å²) < 4.78 is 0. The monoisotopic (exact) mass is 238 g/mol. The van der Waals surface area contributed by atoms with Crippen molar-refractivity contribution < 1.29 is 5.11 Å². The molecule has 1 aromatic carbocycles. The van der Waals surface area contributed by atoms with E-state index in [9.17, 15) is 0 Å². The molecule has 0 radical (unpaired) electrons. The van der Waals surface area contributed by atoms with Crippen molar-refractivity contribution in [2.75, 3.05) is 24.6 Å². The second-order valence-corrected chi connectivity index (χ2v) is 3.84. The van der Waals surface area contributed by atoms with Gasteiger partial charge in [0.1, 0.15) is 0 Å². The van der Waals surface area contributed by atoms with Crippen molar-refractivity contribution in [3.8, 4) is 6.07 Å². The molecule has 1 aromatic rings. The Morgan fingerprint density at radius 1 is 1.50 bits per heavy atom. The highest BCUT2D eigenvalue weighted by molar-refractivity contribution is 6.33. The number of hydrogen-bond donors (Lipinski definition) is 1. The van der Waals surface area contributed by atoms with Crippen molar-refractivity contribution in [2.45, 2.75) is 13.3 Å². The standard InChI is InChI=1S/C12H15ClN2O/c1-2-15(6-3-7-16)12-5-4-10(9-14)8-11(12)13/h4-5,8,16H,2-3,6-7H2,1H3. The van der Waals surface area contributed by atoms with E-state index in [-0.39, 0.29) is 6.61 Å². The molecule has 0 spiro atoms. The van der Waals surface area contributed by atoms with E-state index in [4.69, 9.17) is 22.0 Å². The Bertz CT molecular complexity index is 387. The van der Waals surface area contributed by atoms with Gasteiger partial charge in [-0.15, -0.1) is 0 Å². The third-order valence-corrected chi connectivity index (χ3v) is 2.69. The maximum absolute atomic E-state index is 8.81. The molecule has 4 heteroatoms. The third-order valence-electron chi connectivity index (χ3n) is 2.39. The van der Waals surface area contributed by atoms with Crippen LogP contribution >= 0.6 is 11.6 Å². The molecule has 0 heterocycles. The van der Waals surface area contributed by atoms with Gasteiger partial charge < -0.3 is 10.0 Å². The fourth-order valence-electron chi connectivity index (χ4n) is 1.54. The Hall–Kier alpha value is -1.24. The zero-order valence-corrected chi connectivity index (χ0v) is 10.0. The lowest BCUT2D eigenvalue weighted by Crippen LogP contribution is -2.24. The van der Waals surface area contributed by atoms with Crippen LogP contribution in [0, 0.1) is 11.3 Å². The van der Waals surface area contributed by atoms with Gasteiger partial charge in [-0.25, -0.2) is 0 Å². The number of halogens is 1. The quantitative estimate of drug-likeness (QED) is 0.857. The maximum Gasteiger partial charge on any atom is 0.0992 e. The summed E-state index contributed by atoms with van der Waals surface area (Å²) in [6.45, 7) is 3.79. The minimum atomic E-state index is 0.171. The van der Waals surface area contributed by atoms with Crippen molar-refractivity contribution in [2.24, 2.45) is 0 Å². The summed E-state index contributed by atoms with van der Waals surface area (Å²) in [5.74, 6) is 0. The number of aliphatic hydroxyl groups is 1. The number of hydrogen-bond acceptors (Lipinski definition) is 3. The van der Waals surface area contributed by atoms with Crippen LogP contribution in [-0.4, -0.2) is 24.8 Å². The number of nitrogens with zero attached hydrogens (tertiary/aromatic N) is 2. The van der Waals surface area contributed by atoms with Gasteiger partial charge in [0.05, 0.1) is 22.3 Å². The maximum atomic E-state index is 8.81. The number of rotatable bonds is 5. The Labute approximate surface area is 101 Å². The van der Waals surface area contributed by atoms with Gasteiger partial charge in [0.25, 0.3) is 0 Å².